The molecule has 0 unspecified atom stereocenters. The largest absolute Gasteiger partial charge is 0.407 e. The lowest BCUT2D eigenvalue weighted by atomic mass is 10.0. The summed E-state index contributed by atoms with van der Waals surface area (Å²) in [7, 11) is -1.84. The van der Waals surface area contributed by atoms with Crippen LogP contribution in [0, 0.1) is 5.92 Å². The number of hydrogen-bond acceptors (Lipinski definition) is 3. The van der Waals surface area contributed by atoms with Gasteiger partial charge in [0, 0.05) is 5.92 Å². The van der Waals surface area contributed by atoms with Crippen molar-refractivity contribution in [2.45, 2.75) is 90.7 Å². The van der Waals surface area contributed by atoms with E-state index in [0.717, 1.165) is 0 Å². The van der Waals surface area contributed by atoms with Gasteiger partial charge in [0.25, 0.3) is 0 Å². The maximum absolute atomic E-state index is 6.71. The lowest BCUT2D eigenvalue weighted by Gasteiger charge is -2.40. The third-order valence-corrected chi connectivity index (χ3v) is 9.83. The van der Waals surface area contributed by atoms with Gasteiger partial charge < -0.3 is 13.9 Å². The second kappa shape index (κ2) is 5.19. The average Bonchev–Trinajstić information content (AvgIpc) is 2.72. The first-order valence-corrected chi connectivity index (χ1v) is 11.0. The normalized spacial score (nSPS) is 38.0. The number of hydrogen-bond donors (Lipinski definition) is 0. The van der Waals surface area contributed by atoms with Gasteiger partial charge in [-0.05, 0) is 44.5 Å². The fourth-order valence-electron chi connectivity index (χ4n) is 3.13. The summed E-state index contributed by atoms with van der Waals surface area (Å²) in [5, 5.41) is 0.197. The minimum absolute atomic E-state index is 0.0234. The van der Waals surface area contributed by atoms with Crippen molar-refractivity contribution in [3.8, 4) is 0 Å². The molecule has 122 valence electrons. The highest BCUT2D eigenvalue weighted by molar-refractivity contribution is 6.74. The van der Waals surface area contributed by atoms with Crippen LogP contribution in [0.4, 0.5) is 0 Å². The molecule has 3 nitrogen and oxygen atoms in total. The maximum Gasteiger partial charge on any atom is 0.193 e. The third kappa shape index (κ3) is 3.00. The molecular weight excluding hydrogens is 280 g/mol. The van der Waals surface area contributed by atoms with Crippen LogP contribution < -0.4 is 0 Å². The molecule has 4 heteroatoms. The molecule has 1 saturated carbocycles. The molecule has 21 heavy (non-hydrogen) atoms. The van der Waals surface area contributed by atoms with Crippen LogP contribution in [0.25, 0.3) is 0 Å². The summed E-state index contributed by atoms with van der Waals surface area (Å²) in [5.74, 6) is -0.144. The summed E-state index contributed by atoms with van der Waals surface area (Å²) in [6.07, 6.45) is 2.37. The number of fused-ring (bicyclic) bond motifs is 1. The van der Waals surface area contributed by atoms with E-state index in [2.05, 4.69) is 53.8 Å². The van der Waals surface area contributed by atoms with Crippen molar-refractivity contribution in [3.05, 3.63) is 11.6 Å². The Morgan fingerprint density at radius 2 is 1.67 bits per heavy atom. The molecule has 0 aromatic rings. The van der Waals surface area contributed by atoms with E-state index in [9.17, 15) is 0 Å². The Bertz CT molecular complexity index is 434. The number of rotatable bonds is 2. The van der Waals surface area contributed by atoms with Gasteiger partial charge >= 0.3 is 0 Å². The summed E-state index contributed by atoms with van der Waals surface area (Å²) in [6.45, 7) is 19.8. The van der Waals surface area contributed by atoms with E-state index in [1.165, 1.54) is 5.57 Å². The molecule has 2 aliphatic rings. The summed E-state index contributed by atoms with van der Waals surface area (Å²) in [5.41, 5.74) is 1.34. The summed E-state index contributed by atoms with van der Waals surface area (Å²) in [4.78, 5) is 0. The van der Waals surface area contributed by atoms with E-state index in [-0.39, 0.29) is 23.4 Å². The van der Waals surface area contributed by atoms with E-state index in [1.54, 1.807) is 0 Å². The first-order chi connectivity index (χ1) is 9.39. The molecule has 0 bridgehead atoms. The van der Waals surface area contributed by atoms with Crippen molar-refractivity contribution in [1.29, 1.82) is 0 Å². The highest BCUT2D eigenvalue weighted by Crippen LogP contribution is 2.48. The number of ether oxygens (including phenoxy) is 2. The van der Waals surface area contributed by atoms with Crippen LogP contribution in [-0.4, -0.2) is 32.4 Å². The fraction of sp³-hybridized carbons (Fsp3) is 0.882. The third-order valence-electron chi connectivity index (χ3n) is 5.37. The summed E-state index contributed by atoms with van der Waals surface area (Å²) < 4.78 is 19.0. The van der Waals surface area contributed by atoms with E-state index < -0.39 is 14.1 Å². The van der Waals surface area contributed by atoms with E-state index in [0.29, 0.717) is 5.92 Å². The van der Waals surface area contributed by atoms with Gasteiger partial charge in [-0.2, -0.15) is 0 Å². The van der Waals surface area contributed by atoms with E-state index in [1.807, 2.05) is 13.8 Å². The molecule has 1 aliphatic carbocycles. The molecule has 1 heterocycles. The Balaban J connectivity index is 2.29. The van der Waals surface area contributed by atoms with Gasteiger partial charge in [0.1, 0.15) is 6.10 Å². The Hall–Kier alpha value is -0.163. The minimum atomic E-state index is -1.84. The van der Waals surface area contributed by atoms with Crippen LogP contribution in [0.15, 0.2) is 11.6 Å². The predicted molar refractivity (Wildman–Crippen MR) is 88.8 cm³/mol. The quantitative estimate of drug-likeness (QED) is 0.555. The molecule has 1 saturated heterocycles. The molecule has 0 spiro atoms. The van der Waals surface area contributed by atoms with Crippen molar-refractivity contribution in [2.24, 2.45) is 5.92 Å². The zero-order chi connectivity index (χ0) is 16.2. The van der Waals surface area contributed by atoms with Crippen LogP contribution in [0.2, 0.25) is 18.1 Å². The molecule has 4 atom stereocenters. The van der Waals surface area contributed by atoms with Crippen molar-refractivity contribution < 1.29 is 13.9 Å². The second-order valence-electron chi connectivity index (χ2n) is 8.44. The SMILES string of the molecule is C/C=C1/[C@@H](C)[C@@H]2OC(C)(C)O[C@@H]2[C@H]1O[Si](C)(C)C(C)(C)C. The molecule has 2 fully saturated rings. The fourth-order valence-corrected chi connectivity index (χ4v) is 4.39. The van der Waals surface area contributed by atoms with Gasteiger partial charge in [-0.1, -0.05) is 33.8 Å². The standard InChI is InChI=1S/C17H32O3Si/c1-10-12-11(2)13-15(19-17(6,7)18-13)14(12)20-21(8,9)16(3,4)5/h10-11,13-15H,1-9H3/b12-10-/t11-,13+,14+,15+/m1/s1. The van der Waals surface area contributed by atoms with Gasteiger partial charge in [0.2, 0.25) is 0 Å². The molecule has 1 aliphatic heterocycles. The van der Waals surface area contributed by atoms with Crippen molar-refractivity contribution in [2.75, 3.05) is 0 Å². The topological polar surface area (TPSA) is 27.7 Å². The monoisotopic (exact) mass is 312 g/mol. The Kier molecular flexibility index (Phi) is 4.25. The lowest BCUT2D eigenvalue weighted by Crippen LogP contribution is -2.47. The van der Waals surface area contributed by atoms with Crippen molar-refractivity contribution in [3.63, 3.8) is 0 Å². The van der Waals surface area contributed by atoms with Gasteiger partial charge in [-0.15, -0.1) is 0 Å². The predicted octanol–water partition coefficient (Wildman–Crippen LogP) is 4.49. The van der Waals surface area contributed by atoms with Gasteiger partial charge in [-0.25, -0.2) is 0 Å². The molecule has 0 aromatic heterocycles. The zero-order valence-electron chi connectivity index (χ0n) is 15.1. The summed E-state index contributed by atoms with van der Waals surface area (Å²) >= 11 is 0. The van der Waals surface area contributed by atoms with Crippen LogP contribution in [-0.2, 0) is 13.9 Å². The Morgan fingerprint density at radius 1 is 1.14 bits per heavy atom. The van der Waals surface area contributed by atoms with Crippen LogP contribution >= 0.6 is 0 Å². The molecule has 0 amide bonds. The van der Waals surface area contributed by atoms with Crippen molar-refractivity contribution >= 4 is 8.32 Å². The van der Waals surface area contributed by atoms with E-state index in [4.69, 9.17) is 13.9 Å². The molecule has 2 rings (SSSR count). The lowest BCUT2D eigenvalue weighted by molar-refractivity contribution is -0.159. The first kappa shape index (κ1) is 17.2. The first-order valence-electron chi connectivity index (χ1n) is 8.09. The van der Waals surface area contributed by atoms with Crippen molar-refractivity contribution in [1.82, 2.24) is 0 Å². The maximum atomic E-state index is 6.71. The highest BCUT2D eigenvalue weighted by Gasteiger charge is 2.57. The second-order valence-corrected chi connectivity index (χ2v) is 13.2. The van der Waals surface area contributed by atoms with Gasteiger partial charge in [-0.3, -0.25) is 0 Å². The molecular formula is C17H32O3Si. The smallest absolute Gasteiger partial charge is 0.193 e. The van der Waals surface area contributed by atoms with Crippen LogP contribution in [0.1, 0.15) is 48.5 Å². The van der Waals surface area contributed by atoms with Crippen LogP contribution in [0.3, 0.4) is 0 Å². The molecule has 0 aromatic carbocycles. The van der Waals surface area contributed by atoms with E-state index >= 15 is 0 Å². The zero-order valence-corrected chi connectivity index (χ0v) is 16.1. The Labute approximate surface area is 131 Å². The average molecular weight is 313 g/mol. The number of allylic oxidation sites excluding steroid dienone is 1. The molecule has 0 radical (unpaired) electrons. The molecule has 0 N–H and O–H groups in total. The minimum Gasteiger partial charge on any atom is -0.407 e. The van der Waals surface area contributed by atoms with Gasteiger partial charge in [0.15, 0.2) is 14.1 Å². The van der Waals surface area contributed by atoms with Gasteiger partial charge in [0.05, 0.1) is 12.2 Å². The Morgan fingerprint density at radius 3 is 2.14 bits per heavy atom. The summed E-state index contributed by atoms with van der Waals surface area (Å²) in [6, 6.07) is 0. The van der Waals surface area contributed by atoms with Crippen LogP contribution in [0.5, 0.6) is 0 Å². The highest BCUT2D eigenvalue weighted by atomic mass is 28.4.